The molecular formula is C6H5BrO2S. The number of carbonyl (C=O) groups excluding carboxylic acids is 1. The van der Waals surface area contributed by atoms with Crippen molar-refractivity contribution in [1.29, 1.82) is 0 Å². The van der Waals surface area contributed by atoms with Crippen LogP contribution in [0.5, 0.6) is 0 Å². The Kier molecular flexibility index (Phi) is 1.06. The molecule has 0 aliphatic rings. The van der Waals surface area contributed by atoms with E-state index in [0.717, 1.165) is 11.3 Å². The molecular weight excluding hydrogens is 216 g/mol. The highest BCUT2D eigenvalue weighted by Crippen LogP contribution is 2.22. The third-order valence-corrected chi connectivity index (χ3v) is 2.18. The Bertz CT molecular complexity index is 399. The van der Waals surface area contributed by atoms with Crippen LogP contribution in [0.1, 0.15) is 16.5 Å². The van der Waals surface area contributed by atoms with Gasteiger partial charge in [-0.15, -0.1) is 11.3 Å². The van der Waals surface area contributed by atoms with Crippen LogP contribution in [0.15, 0.2) is 15.9 Å². The highest BCUT2D eigenvalue weighted by Gasteiger charge is 2.06. The van der Waals surface area contributed by atoms with E-state index in [4.69, 9.17) is 6.85 Å². The van der Waals surface area contributed by atoms with Gasteiger partial charge in [-0.3, -0.25) is 0 Å². The number of rotatable bonds is 1. The first-order valence-corrected chi connectivity index (χ1v) is 3.82. The molecule has 1 heterocycles. The van der Waals surface area contributed by atoms with E-state index >= 15 is 0 Å². The molecule has 0 atom stereocenters. The summed E-state index contributed by atoms with van der Waals surface area (Å²) in [7, 11) is -2.83. The largest absolute Gasteiger partial charge is 0.465 e. The van der Waals surface area contributed by atoms with Crippen LogP contribution in [0, 0.1) is 0 Å². The number of esters is 1. The van der Waals surface area contributed by atoms with E-state index < -0.39 is 13.0 Å². The zero-order valence-corrected chi connectivity index (χ0v) is 7.01. The summed E-state index contributed by atoms with van der Waals surface area (Å²) in [4.78, 5) is 11.1. The van der Waals surface area contributed by atoms with E-state index in [1.807, 2.05) is 0 Å². The lowest BCUT2D eigenvalue weighted by Gasteiger charge is -1.90. The Morgan fingerprint density at radius 1 is 2.00 bits per heavy atom. The Balaban J connectivity index is 2.98. The maximum absolute atomic E-state index is 11.3. The molecule has 0 aromatic carbocycles. The second-order valence-corrected chi connectivity index (χ2v) is 3.68. The lowest BCUT2D eigenvalue weighted by atomic mass is 10.5. The molecule has 1 aromatic heterocycles. The van der Waals surface area contributed by atoms with Gasteiger partial charge in [0.2, 0.25) is 0 Å². The lowest BCUT2D eigenvalue weighted by Crippen LogP contribution is -1.96. The van der Waals surface area contributed by atoms with E-state index in [1.165, 1.54) is 0 Å². The van der Waals surface area contributed by atoms with E-state index in [9.17, 15) is 4.79 Å². The maximum Gasteiger partial charge on any atom is 0.348 e. The quantitative estimate of drug-likeness (QED) is 0.687. The Labute approximate surface area is 78.0 Å². The topological polar surface area (TPSA) is 26.3 Å². The fourth-order valence-electron chi connectivity index (χ4n) is 0.386. The SMILES string of the molecule is [2H]c1c(Br)sc(C(=O)OC([2H])([2H])[2H])c1[2H]. The monoisotopic (exact) mass is 225 g/mol. The van der Waals surface area contributed by atoms with Crippen molar-refractivity contribution in [3.05, 3.63) is 20.7 Å². The highest BCUT2D eigenvalue weighted by molar-refractivity contribution is 9.11. The van der Waals surface area contributed by atoms with E-state index in [2.05, 4.69) is 20.7 Å². The van der Waals surface area contributed by atoms with Gasteiger partial charge in [-0.25, -0.2) is 4.79 Å². The lowest BCUT2D eigenvalue weighted by molar-refractivity contribution is 0.0606. The van der Waals surface area contributed by atoms with Crippen LogP contribution >= 0.6 is 27.3 Å². The predicted molar refractivity (Wildman–Crippen MR) is 43.4 cm³/mol. The second kappa shape index (κ2) is 3.16. The van der Waals surface area contributed by atoms with E-state index in [0.29, 0.717) is 3.79 Å². The molecule has 10 heavy (non-hydrogen) atoms. The Hall–Kier alpha value is -0.350. The van der Waals surface area contributed by atoms with Crippen LogP contribution in [0.3, 0.4) is 0 Å². The molecule has 2 nitrogen and oxygen atoms in total. The third kappa shape index (κ3) is 1.58. The minimum atomic E-state index is -2.83. The molecule has 1 rings (SSSR count). The van der Waals surface area contributed by atoms with Gasteiger partial charge in [0.15, 0.2) is 0 Å². The molecule has 4 heteroatoms. The summed E-state index contributed by atoms with van der Waals surface area (Å²) in [6.07, 6.45) is 0. The van der Waals surface area contributed by atoms with Crippen molar-refractivity contribution in [2.75, 3.05) is 7.04 Å². The average molecular weight is 226 g/mol. The summed E-state index contributed by atoms with van der Waals surface area (Å²) in [5.74, 6) is -1.11. The molecule has 0 fully saturated rings. The average Bonchev–Trinajstić information content (AvgIpc) is 2.30. The standard InChI is InChI=1S/C6H5BrO2S/c1-9-6(8)4-2-3-5(7)10-4/h2-3H,1H3/i1D3,2D,3D. The van der Waals surface area contributed by atoms with Gasteiger partial charge < -0.3 is 4.74 Å². The molecule has 0 unspecified atom stereocenters. The van der Waals surface area contributed by atoms with Gasteiger partial charge in [-0.2, -0.15) is 0 Å². The Morgan fingerprint density at radius 3 is 3.30 bits per heavy atom. The van der Waals surface area contributed by atoms with Crippen LogP contribution in [-0.4, -0.2) is 13.0 Å². The minimum absolute atomic E-state index is 0.155. The van der Waals surface area contributed by atoms with Crippen LogP contribution in [-0.2, 0) is 4.74 Å². The second-order valence-electron chi connectivity index (χ2n) is 1.34. The smallest absolute Gasteiger partial charge is 0.348 e. The first-order valence-electron chi connectivity index (χ1n) is 4.71. The molecule has 0 bridgehead atoms. The number of carbonyl (C=O) groups is 1. The van der Waals surface area contributed by atoms with Crippen LogP contribution in [0.2, 0.25) is 0 Å². The predicted octanol–water partition coefficient (Wildman–Crippen LogP) is 2.30. The van der Waals surface area contributed by atoms with Crippen molar-refractivity contribution < 1.29 is 16.4 Å². The maximum atomic E-state index is 11.3. The van der Waals surface area contributed by atoms with Crippen molar-refractivity contribution in [3.8, 4) is 0 Å². The molecule has 0 radical (unpaired) electrons. The van der Waals surface area contributed by atoms with E-state index in [1.54, 1.807) is 0 Å². The van der Waals surface area contributed by atoms with E-state index in [-0.39, 0.29) is 17.0 Å². The number of hydrogen-bond acceptors (Lipinski definition) is 3. The summed E-state index contributed by atoms with van der Waals surface area (Å²) >= 11 is 3.78. The highest BCUT2D eigenvalue weighted by atomic mass is 79.9. The Morgan fingerprint density at radius 2 is 2.80 bits per heavy atom. The molecule has 0 aliphatic carbocycles. The zero-order valence-electron chi connectivity index (χ0n) is 9.60. The molecule has 54 valence electrons. The van der Waals surface area contributed by atoms with Gasteiger partial charge in [0.25, 0.3) is 0 Å². The van der Waals surface area contributed by atoms with Crippen molar-refractivity contribution in [2.45, 2.75) is 0 Å². The summed E-state index contributed by atoms with van der Waals surface area (Å²) in [5.41, 5.74) is 0. The fraction of sp³-hybridized carbons (Fsp3) is 0.167. The molecule has 0 spiro atoms. The number of methoxy groups -OCH3 is 1. The number of thiophene rings is 1. The summed E-state index contributed by atoms with van der Waals surface area (Å²) < 4.78 is 39.2. The van der Waals surface area contributed by atoms with Gasteiger partial charge in [-0.1, -0.05) is 0 Å². The van der Waals surface area contributed by atoms with Crippen molar-refractivity contribution in [2.24, 2.45) is 0 Å². The minimum Gasteiger partial charge on any atom is -0.465 e. The van der Waals surface area contributed by atoms with Crippen molar-refractivity contribution in [1.82, 2.24) is 0 Å². The summed E-state index contributed by atoms with van der Waals surface area (Å²) in [6, 6.07) is -0.487. The first-order chi connectivity index (χ1) is 6.72. The van der Waals surface area contributed by atoms with Crippen LogP contribution in [0.25, 0.3) is 0 Å². The van der Waals surface area contributed by atoms with Gasteiger partial charge in [0.1, 0.15) is 4.88 Å². The van der Waals surface area contributed by atoms with Gasteiger partial charge in [0, 0.05) is 0 Å². The summed E-state index contributed by atoms with van der Waals surface area (Å²) in [5, 5.41) is 0. The van der Waals surface area contributed by atoms with Crippen molar-refractivity contribution in [3.63, 3.8) is 0 Å². The third-order valence-electron chi connectivity index (χ3n) is 0.744. The van der Waals surface area contributed by atoms with Gasteiger partial charge >= 0.3 is 5.97 Å². The molecule has 0 N–H and O–H groups in total. The fourth-order valence-corrected chi connectivity index (χ4v) is 1.48. The van der Waals surface area contributed by atoms with Crippen molar-refractivity contribution >= 4 is 33.2 Å². The number of ether oxygens (including phenoxy) is 1. The normalized spacial score (nSPS) is 17.9. The number of halogens is 1. The first kappa shape index (κ1) is 3.36. The van der Waals surface area contributed by atoms with Gasteiger partial charge in [-0.05, 0) is 28.0 Å². The molecule has 0 aliphatic heterocycles. The van der Waals surface area contributed by atoms with Crippen LogP contribution < -0.4 is 0 Å². The molecule has 1 aromatic rings. The zero-order chi connectivity index (χ0) is 11.8. The molecule has 0 saturated carbocycles. The van der Waals surface area contributed by atoms with Crippen LogP contribution in [0.4, 0.5) is 0 Å². The molecule has 0 saturated heterocycles. The molecule has 0 amide bonds. The summed E-state index contributed by atoms with van der Waals surface area (Å²) in [6.45, 7) is 0. The van der Waals surface area contributed by atoms with Gasteiger partial charge in [0.05, 0.1) is 17.7 Å². The number of hydrogen-bond donors (Lipinski definition) is 0.